The van der Waals surface area contributed by atoms with E-state index in [-0.39, 0.29) is 17.7 Å². The average molecular weight is 736 g/mol. The van der Waals surface area contributed by atoms with Gasteiger partial charge in [-0.05, 0) is 47.8 Å². The smallest absolute Gasteiger partial charge is 0.338 e. The van der Waals surface area contributed by atoms with E-state index in [1.807, 2.05) is 40.3 Å². The van der Waals surface area contributed by atoms with E-state index in [4.69, 9.17) is 33.3 Å². The van der Waals surface area contributed by atoms with Gasteiger partial charge in [0.1, 0.15) is 35.2 Å². The molecule has 54 heavy (non-hydrogen) atoms. The van der Waals surface area contributed by atoms with E-state index in [9.17, 15) is 14.4 Å². The van der Waals surface area contributed by atoms with Gasteiger partial charge in [-0.15, -0.1) is 11.3 Å². The van der Waals surface area contributed by atoms with Crippen LogP contribution in [0, 0.1) is 0 Å². The molecule has 1 aliphatic heterocycles. The summed E-state index contributed by atoms with van der Waals surface area (Å²) >= 11 is 1.43. The minimum atomic E-state index is -1.23. The Morgan fingerprint density at radius 3 is 1.98 bits per heavy atom. The lowest BCUT2D eigenvalue weighted by molar-refractivity contribution is -0.0587. The molecule has 0 radical (unpaired) electrons. The Kier molecular flexibility index (Phi) is 8.66. The van der Waals surface area contributed by atoms with Gasteiger partial charge in [0.2, 0.25) is 0 Å². The van der Waals surface area contributed by atoms with Crippen LogP contribution >= 0.6 is 11.3 Å². The zero-order valence-electron chi connectivity index (χ0n) is 28.3. The van der Waals surface area contributed by atoms with Gasteiger partial charge in [0.15, 0.2) is 24.2 Å². The number of rotatable bonds is 9. The number of hydrogen-bond acceptors (Lipinski definition) is 11. The molecule has 4 aromatic carbocycles. The van der Waals surface area contributed by atoms with Crippen molar-refractivity contribution in [1.29, 1.82) is 0 Å². The van der Waals surface area contributed by atoms with E-state index in [0.29, 0.717) is 28.1 Å². The lowest BCUT2D eigenvalue weighted by atomic mass is 10.1. The number of aromatic nitrogens is 3. The quantitative estimate of drug-likeness (QED) is 0.105. The van der Waals surface area contributed by atoms with Gasteiger partial charge in [-0.25, -0.2) is 24.4 Å². The zero-order valence-corrected chi connectivity index (χ0v) is 29.1. The SMILES string of the molecule is O=C(OC[C@H]1O[C@@H](n2c3ncnc(-c4occ5ccccc45)c3c3ccsc32)[C@H](OC(=O)c2ccccc2)[C@@H]1OC(=O)c1ccccc1)c1ccccc1. The summed E-state index contributed by atoms with van der Waals surface area (Å²) < 4.78 is 32.9. The van der Waals surface area contributed by atoms with Gasteiger partial charge in [0.25, 0.3) is 0 Å². The highest BCUT2D eigenvalue weighted by Gasteiger charge is 2.52. The lowest BCUT2D eigenvalue weighted by Crippen LogP contribution is -2.41. The molecule has 5 heterocycles. The minimum absolute atomic E-state index is 0.282. The Labute approximate surface area is 311 Å². The number of hydrogen-bond donors (Lipinski definition) is 0. The molecule has 0 aliphatic carbocycles. The maximum atomic E-state index is 13.8. The van der Waals surface area contributed by atoms with Crippen molar-refractivity contribution < 1.29 is 37.7 Å². The summed E-state index contributed by atoms with van der Waals surface area (Å²) in [5.41, 5.74) is 1.95. The molecule has 1 aliphatic rings. The molecule has 8 aromatic rings. The second kappa shape index (κ2) is 14.1. The third kappa shape index (κ3) is 5.96. The number of ether oxygens (including phenoxy) is 4. The molecule has 0 unspecified atom stereocenters. The van der Waals surface area contributed by atoms with Gasteiger partial charge in [0, 0.05) is 16.2 Å². The third-order valence-corrected chi connectivity index (χ3v) is 10.3. The number of esters is 3. The average Bonchev–Trinajstić information content (AvgIpc) is 4.01. The number of fused-ring (bicyclic) bond motifs is 4. The van der Waals surface area contributed by atoms with Gasteiger partial charge in [0.05, 0.1) is 28.3 Å². The van der Waals surface area contributed by atoms with Crippen molar-refractivity contribution in [2.75, 3.05) is 6.61 Å². The van der Waals surface area contributed by atoms with Crippen LogP contribution in [-0.2, 0) is 18.9 Å². The molecule has 0 bridgehead atoms. The Balaban J connectivity index is 1.18. The van der Waals surface area contributed by atoms with E-state index in [0.717, 1.165) is 21.0 Å². The summed E-state index contributed by atoms with van der Waals surface area (Å²) in [7, 11) is 0. The minimum Gasteiger partial charge on any atom is -0.461 e. The van der Waals surface area contributed by atoms with Crippen molar-refractivity contribution in [2.45, 2.75) is 24.5 Å². The predicted octanol–water partition coefficient (Wildman–Crippen LogP) is 8.26. The zero-order chi connectivity index (χ0) is 36.6. The van der Waals surface area contributed by atoms with E-state index in [1.54, 1.807) is 97.3 Å². The first kappa shape index (κ1) is 33.2. The number of carbonyl (C=O) groups excluding carboxylic acids is 3. The summed E-state index contributed by atoms with van der Waals surface area (Å²) in [4.78, 5) is 50.9. The van der Waals surface area contributed by atoms with Crippen molar-refractivity contribution in [2.24, 2.45) is 0 Å². The van der Waals surface area contributed by atoms with Crippen LogP contribution in [0.3, 0.4) is 0 Å². The third-order valence-electron chi connectivity index (χ3n) is 9.35. The summed E-state index contributed by atoms with van der Waals surface area (Å²) in [6.45, 7) is -0.318. The van der Waals surface area contributed by atoms with Crippen molar-refractivity contribution >= 4 is 61.3 Å². The van der Waals surface area contributed by atoms with Crippen LogP contribution in [-0.4, -0.2) is 57.4 Å². The first-order valence-electron chi connectivity index (χ1n) is 17.1. The maximum Gasteiger partial charge on any atom is 0.338 e. The normalized spacial score (nSPS) is 18.2. The highest BCUT2D eigenvalue weighted by atomic mass is 32.1. The number of nitrogens with zero attached hydrogens (tertiary/aromatic N) is 3. The standard InChI is InChI=1S/C42H29N3O8S/c46-40(25-12-4-1-5-13-25)50-23-31-35(52-41(47)26-14-6-2-7-15-26)36(53-42(48)27-16-8-3-9-17-27)38(51-31)45-37-32(30-20-21-54-39(30)45)33(43-24-44-37)34-29-19-11-10-18-28(29)22-49-34/h1-22,24,31,35-36,38H,23H2/t31-,35-,36-,38-/m1/s1. The highest BCUT2D eigenvalue weighted by molar-refractivity contribution is 7.17. The molecule has 11 nitrogen and oxygen atoms in total. The number of thiophene rings is 1. The Morgan fingerprint density at radius 1 is 0.685 bits per heavy atom. The molecule has 0 amide bonds. The fraction of sp³-hybridized carbons (Fsp3) is 0.119. The summed E-state index contributed by atoms with van der Waals surface area (Å²) in [6.07, 6.45) is -1.47. The van der Waals surface area contributed by atoms with Crippen molar-refractivity contribution in [3.8, 4) is 11.5 Å². The molecule has 0 spiro atoms. The number of benzene rings is 4. The maximum absolute atomic E-state index is 13.8. The summed E-state index contributed by atoms with van der Waals surface area (Å²) in [5, 5.41) is 5.25. The van der Waals surface area contributed by atoms with E-state index >= 15 is 0 Å². The predicted molar refractivity (Wildman–Crippen MR) is 200 cm³/mol. The molecule has 266 valence electrons. The van der Waals surface area contributed by atoms with Crippen LogP contribution in [0.15, 0.2) is 144 Å². The monoisotopic (exact) mass is 735 g/mol. The molecular weight excluding hydrogens is 707 g/mol. The molecule has 1 fully saturated rings. The van der Waals surface area contributed by atoms with Gasteiger partial charge in [-0.3, -0.25) is 4.57 Å². The molecular formula is C42H29N3O8S. The first-order chi connectivity index (χ1) is 26.5. The fourth-order valence-corrected chi connectivity index (χ4v) is 7.76. The highest BCUT2D eigenvalue weighted by Crippen LogP contribution is 2.45. The van der Waals surface area contributed by atoms with Crippen LogP contribution in [0.2, 0.25) is 0 Å². The van der Waals surface area contributed by atoms with E-state index in [1.165, 1.54) is 17.7 Å². The van der Waals surface area contributed by atoms with Crippen LogP contribution in [0.4, 0.5) is 0 Å². The van der Waals surface area contributed by atoms with Gasteiger partial charge in [-0.2, -0.15) is 0 Å². The second-order valence-electron chi connectivity index (χ2n) is 12.6. The van der Waals surface area contributed by atoms with Crippen molar-refractivity contribution in [3.05, 3.63) is 156 Å². The topological polar surface area (TPSA) is 132 Å². The van der Waals surface area contributed by atoms with Crippen LogP contribution in [0.1, 0.15) is 37.3 Å². The number of furan rings is 1. The molecule has 12 heteroatoms. The molecule has 1 saturated heterocycles. The van der Waals surface area contributed by atoms with E-state index in [2.05, 4.69) is 0 Å². The van der Waals surface area contributed by atoms with Crippen LogP contribution in [0.5, 0.6) is 0 Å². The first-order valence-corrected chi connectivity index (χ1v) is 18.0. The Bertz CT molecular complexity index is 2640. The largest absolute Gasteiger partial charge is 0.461 e. The van der Waals surface area contributed by atoms with Crippen LogP contribution in [0.25, 0.3) is 43.5 Å². The molecule has 4 aromatic heterocycles. The van der Waals surface area contributed by atoms with Crippen LogP contribution < -0.4 is 0 Å². The summed E-state index contributed by atoms with van der Waals surface area (Å²) in [6, 6.07) is 35.3. The van der Waals surface area contributed by atoms with E-state index < -0.39 is 42.4 Å². The molecule has 4 atom stereocenters. The fourth-order valence-electron chi connectivity index (χ4n) is 6.83. The van der Waals surface area contributed by atoms with Crippen molar-refractivity contribution in [1.82, 2.24) is 14.5 Å². The molecule has 9 rings (SSSR count). The second-order valence-corrected chi connectivity index (χ2v) is 13.5. The van der Waals surface area contributed by atoms with Gasteiger partial charge >= 0.3 is 17.9 Å². The Hall–Kier alpha value is -6.63. The Morgan fingerprint density at radius 2 is 1.30 bits per heavy atom. The number of carbonyl (C=O) groups is 3. The van der Waals surface area contributed by atoms with Gasteiger partial charge < -0.3 is 23.4 Å². The summed E-state index contributed by atoms with van der Waals surface area (Å²) in [5.74, 6) is -1.35. The molecule has 0 saturated carbocycles. The lowest BCUT2D eigenvalue weighted by Gasteiger charge is -2.25. The van der Waals surface area contributed by atoms with Crippen molar-refractivity contribution in [3.63, 3.8) is 0 Å². The molecule has 0 N–H and O–H groups in total. The van der Waals surface area contributed by atoms with Gasteiger partial charge in [-0.1, -0.05) is 78.9 Å².